The molecule has 4 rings (SSSR count). The maximum Gasteiger partial charge on any atom is 0.190 e. The maximum absolute atomic E-state index is 9.06. The van der Waals surface area contributed by atoms with Gasteiger partial charge in [-0.15, -0.1) is 11.3 Å². The third kappa shape index (κ3) is 3.05. The first-order valence-electron chi connectivity index (χ1n) is 8.28. The molecule has 6 heteroatoms. The minimum absolute atomic E-state index is 0.652. The topological polar surface area (TPSA) is 68.6 Å². The fourth-order valence-corrected chi connectivity index (χ4v) is 3.75. The number of aromatic amines is 1. The van der Waals surface area contributed by atoms with Crippen molar-refractivity contribution in [2.24, 2.45) is 0 Å². The van der Waals surface area contributed by atoms with E-state index in [1.807, 2.05) is 37.3 Å². The molecule has 128 valence electrons. The van der Waals surface area contributed by atoms with Gasteiger partial charge in [0.25, 0.3) is 0 Å². The zero-order chi connectivity index (χ0) is 18.1. The first-order valence-corrected chi connectivity index (χ1v) is 9.09. The Hall–Kier alpha value is -3.17. The summed E-state index contributed by atoms with van der Waals surface area (Å²) in [7, 11) is 0. The van der Waals surface area contributed by atoms with Crippen LogP contribution in [0.1, 0.15) is 21.7 Å². The third-order valence-corrected chi connectivity index (χ3v) is 5.48. The molecule has 0 aliphatic rings. The summed E-state index contributed by atoms with van der Waals surface area (Å²) in [5.41, 5.74) is 5.86. The van der Waals surface area contributed by atoms with Crippen LogP contribution in [-0.4, -0.2) is 15.0 Å². The van der Waals surface area contributed by atoms with Gasteiger partial charge in [-0.05, 0) is 55.8 Å². The molecule has 0 amide bonds. The van der Waals surface area contributed by atoms with Crippen LogP contribution in [-0.2, 0) is 6.54 Å². The molecule has 0 radical (unpaired) electrons. The summed E-state index contributed by atoms with van der Waals surface area (Å²) >= 11 is 1.68. The molecule has 2 aromatic heterocycles. The van der Waals surface area contributed by atoms with Crippen LogP contribution in [0.25, 0.3) is 11.0 Å². The molecule has 2 heterocycles. The van der Waals surface area contributed by atoms with E-state index >= 15 is 0 Å². The lowest BCUT2D eigenvalue weighted by Crippen LogP contribution is -2.16. The normalized spacial score (nSPS) is 10.8. The van der Waals surface area contributed by atoms with Gasteiger partial charge >= 0.3 is 0 Å². The number of benzene rings is 2. The van der Waals surface area contributed by atoms with Crippen molar-refractivity contribution in [3.8, 4) is 6.07 Å². The molecule has 0 saturated carbocycles. The van der Waals surface area contributed by atoms with Crippen LogP contribution >= 0.6 is 11.3 Å². The van der Waals surface area contributed by atoms with E-state index in [1.54, 1.807) is 17.7 Å². The first kappa shape index (κ1) is 16.3. The van der Waals surface area contributed by atoms with Crippen molar-refractivity contribution in [3.63, 3.8) is 0 Å². The Morgan fingerprint density at radius 2 is 1.96 bits per heavy atom. The van der Waals surface area contributed by atoms with Gasteiger partial charge in [-0.1, -0.05) is 6.07 Å². The van der Waals surface area contributed by atoms with Crippen LogP contribution in [0.3, 0.4) is 0 Å². The van der Waals surface area contributed by atoms with Crippen molar-refractivity contribution in [1.29, 1.82) is 5.26 Å². The van der Waals surface area contributed by atoms with Gasteiger partial charge in [-0.2, -0.15) is 5.26 Å². The van der Waals surface area contributed by atoms with Crippen molar-refractivity contribution in [2.75, 3.05) is 4.90 Å². The average Bonchev–Trinajstić information content (AvgIpc) is 3.26. The van der Waals surface area contributed by atoms with Crippen molar-refractivity contribution in [2.45, 2.75) is 20.4 Å². The lowest BCUT2D eigenvalue weighted by Gasteiger charge is -2.22. The lowest BCUT2D eigenvalue weighted by molar-refractivity contribution is 0.961. The Balaban J connectivity index is 1.74. The lowest BCUT2D eigenvalue weighted by atomic mass is 10.1. The molecular weight excluding hydrogens is 342 g/mol. The van der Waals surface area contributed by atoms with E-state index in [0.717, 1.165) is 33.1 Å². The van der Waals surface area contributed by atoms with Gasteiger partial charge < -0.3 is 9.88 Å². The molecule has 0 aliphatic heterocycles. The van der Waals surface area contributed by atoms with Gasteiger partial charge in [0.05, 0.1) is 41.2 Å². The summed E-state index contributed by atoms with van der Waals surface area (Å²) in [5.74, 6) is 0. The highest BCUT2D eigenvalue weighted by Gasteiger charge is 2.16. The molecular formula is C20H17N5S. The average molecular weight is 359 g/mol. The van der Waals surface area contributed by atoms with Gasteiger partial charge in [-0.25, -0.2) is 9.97 Å². The Morgan fingerprint density at radius 1 is 1.15 bits per heavy atom. The number of fused-ring (bicyclic) bond motifs is 1. The van der Waals surface area contributed by atoms with E-state index in [-0.39, 0.29) is 0 Å². The molecule has 2 aromatic carbocycles. The Labute approximate surface area is 155 Å². The van der Waals surface area contributed by atoms with Gasteiger partial charge in [0.15, 0.2) is 5.13 Å². The van der Waals surface area contributed by atoms with E-state index in [9.17, 15) is 0 Å². The largest absolute Gasteiger partial charge is 0.345 e. The number of aryl methyl sites for hydroxylation is 2. The second kappa shape index (κ2) is 6.62. The molecule has 1 N–H and O–H groups in total. The van der Waals surface area contributed by atoms with Crippen molar-refractivity contribution >= 4 is 33.2 Å². The number of nitriles is 1. The summed E-state index contributed by atoms with van der Waals surface area (Å²) in [5, 5.41) is 10.0. The Bertz CT molecular complexity index is 1080. The summed E-state index contributed by atoms with van der Waals surface area (Å²) in [4.78, 5) is 15.6. The number of rotatable bonds is 4. The molecule has 0 unspecified atom stereocenters. The summed E-state index contributed by atoms with van der Waals surface area (Å²) in [6.07, 6.45) is 1.71. The molecule has 26 heavy (non-hydrogen) atoms. The predicted octanol–water partition coefficient (Wildman–Crippen LogP) is 4.85. The summed E-state index contributed by atoms with van der Waals surface area (Å²) < 4.78 is 0. The predicted molar refractivity (Wildman–Crippen MR) is 105 cm³/mol. The van der Waals surface area contributed by atoms with Crippen LogP contribution in [0.4, 0.5) is 10.8 Å². The van der Waals surface area contributed by atoms with Crippen LogP contribution < -0.4 is 4.90 Å². The zero-order valence-corrected chi connectivity index (χ0v) is 15.3. The number of aromatic nitrogens is 3. The van der Waals surface area contributed by atoms with E-state index in [1.165, 1.54) is 4.88 Å². The number of hydrogen-bond acceptors (Lipinski definition) is 5. The van der Waals surface area contributed by atoms with E-state index in [2.05, 4.69) is 40.0 Å². The number of imidazole rings is 1. The van der Waals surface area contributed by atoms with Crippen molar-refractivity contribution < 1.29 is 0 Å². The molecule has 0 atom stereocenters. The molecule has 4 aromatic rings. The van der Waals surface area contributed by atoms with Crippen LogP contribution in [0.2, 0.25) is 0 Å². The number of nitrogens with one attached hydrogen (secondary N) is 1. The Kier molecular flexibility index (Phi) is 4.15. The van der Waals surface area contributed by atoms with Gasteiger partial charge in [0.1, 0.15) is 0 Å². The number of hydrogen-bond donors (Lipinski definition) is 1. The standard InChI is InChI=1S/C20H17N5S/c1-13-14(2)26-20(24-13)25(17-6-3-15(10-21)4-7-17)11-16-5-8-18-19(9-16)23-12-22-18/h3-9,12H,11H2,1-2H3,(H,22,23). The van der Waals surface area contributed by atoms with Gasteiger partial charge in [0.2, 0.25) is 0 Å². The molecule has 0 saturated heterocycles. The molecule has 0 fully saturated rings. The van der Waals surface area contributed by atoms with Crippen LogP contribution in [0.15, 0.2) is 48.8 Å². The summed E-state index contributed by atoms with van der Waals surface area (Å²) in [6.45, 7) is 4.81. The van der Waals surface area contributed by atoms with Crippen LogP contribution in [0, 0.1) is 25.2 Å². The smallest absolute Gasteiger partial charge is 0.190 e. The van der Waals surface area contributed by atoms with Crippen molar-refractivity contribution in [1.82, 2.24) is 15.0 Å². The monoisotopic (exact) mass is 359 g/mol. The molecule has 5 nitrogen and oxygen atoms in total. The minimum Gasteiger partial charge on any atom is -0.345 e. The fraction of sp³-hybridized carbons (Fsp3) is 0.150. The maximum atomic E-state index is 9.06. The van der Waals surface area contributed by atoms with E-state index in [0.29, 0.717) is 12.1 Å². The second-order valence-electron chi connectivity index (χ2n) is 6.14. The van der Waals surface area contributed by atoms with E-state index in [4.69, 9.17) is 10.2 Å². The van der Waals surface area contributed by atoms with Crippen LogP contribution in [0.5, 0.6) is 0 Å². The molecule has 0 bridgehead atoms. The third-order valence-electron chi connectivity index (χ3n) is 4.38. The number of nitrogens with zero attached hydrogens (tertiary/aromatic N) is 4. The van der Waals surface area contributed by atoms with Gasteiger partial charge in [-0.3, -0.25) is 0 Å². The van der Waals surface area contributed by atoms with E-state index < -0.39 is 0 Å². The SMILES string of the molecule is Cc1nc(N(Cc2ccc3nc[nH]c3c2)c2ccc(C#N)cc2)sc1C. The first-order chi connectivity index (χ1) is 12.6. The number of H-pyrrole nitrogens is 1. The Morgan fingerprint density at radius 3 is 2.65 bits per heavy atom. The molecule has 0 spiro atoms. The highest BCUT2D eigenvalue weighted by molar-refractivity contribution is 7.15. The van der Waals surface area contributed by atoms with Gasteiger partial charge in [0, 0.05) is 10.6 Å². The highest BCUT2D eigenvalue weighted by atomic mass is 32.1. The highest BCUT2D eigenvalue weighted by Crippen LogP contribution is 2.33. The zero-order valence-electron chi connectivity index (χ0n) is 14.5. The molecule has 0 aliphatic carbocycles. The quantitative estimate of drug-likeness (QED) is 0.566. The van der Waals surface area contributed by atoms with Crippen molar-refractivity contribution in [3.05, 3.63) is 70.5 Å². The second-order valence-corrected chi connectivity index (χ2v) is 7.32. The number of anilines is 2. The fourth-order valence-electron chi connectivity index (χ4n) is 2.82. The summed E-state index contributed by atoms with van der Waals surface area (Å²) in [6, 6.07) is 16.0. The number of thiazole rings is 1. The minimum atomic E-state index is 0.652.